The molecule has 0 bridgehead atoms. The van der Waals surface area contributed by atoms with Crippen LogP contribution < -0.4 is 10.5 Å². The molecule has 1 aromatic rings. The Bertz CT molecular complexity index is 502. The number of amides is 1. The molecule has 0 aliphatic heterocycles. The van der Waals surface area contributed by atoms with Gasteiger partial charge in [-0.2, -0.15) is 5.10 Å². The molecule has 102 valence electrons. The highest BCUT2D eigenvalue weighted by Gasteiger charge is 2.21. The largest absolute Gasteiger partial charge is 0.370 e. The lowest BCUT2D eigenvalue weighted by Crippen LogP contribution is -2.26. The fourth-order valence-electron chi connectivity index (χ4n) is 1.64. The van der Waals surface area contributed by atoms with Crippen LogP contribution in [-0.2, 0) is 14.8 Å². The number of aryl methyl sites for hydroxylation is 2. The van der Waals surface area contributed by atoms with E-state index in [1.165, 1.54) is 0 Å². The molecule has 0 fully saturated rings. The molecule has 0 aromatic carbocycles. The topological polar surface area (TPSA) is 118 Å². The summed E-state index contributed by atoms with van der Waals surface area (Å²) >= 11 is 0. The summed E-state index contributed by atoms with van der Waals surface area (Å²) in [6.07, 6.45) is 1.41. The van der Waals surface area contributed by atoms with E-state index in [0.717, 1.165) is 0 Å². The number of nitrogens with zero attached hydrogens (tertiary/aromatic N) is 1. The Morgan fingerprint density at radius 1 is 1.39 bits per heavy atom. The van der Waals surface area contributed by atoms with Gasteiger partial charge in [0, 0.05) is 13.0 Å². The summed E-state index contributed by atoms with van der Waals surface area (Å²) in [7, 11) is -3.54. The molecule has 1 amide bonds. The Morgan fingerprint density at radius 2 is 2.06 bits per heavy atom. The predicted molar refractivity (Wildman–Crippen MR) is 66.3 cm³/mol. The third-order valence-corrected chi connectivity index (χ3v) is 4.19. The summed E-state index contributed by atoms with van der Waals surface area (Å²) in [6, 6.07) is 0. The van der Waals surface area contributed by atoms with Gasteiger partial charge in [0.2, 0.25) is 15.9 Å². The van der Waals surface area contributed by atoms with E-state index in [1.807, 2.05) is 0 Å². The molecule has 18 heavy (non-hydrogen) atoms. The van der Waals surface area contributed by atoms with E-state index in [2.05, 4.69) is 14.9 Å². The molecular weight excluding hydrogens is 256 g/mol. The Hall–Kier alpha value is -1.41. The van der Waals surface area contributed by atoms with E-state index in [4.69, 9.17) is 5.73 Å². The van der Waals surface area contributed by atoms with Crippen LogP contribution in [0, 0.1) is 13.8 Å². The summed E-state index contributed by atoms with van der Waals surface area (Å²) in [5.41, 5.74) is 5.94. The van der Waals surface area contributed by atoms with Gasteiger partial charge in [-0.05, 0) is 26.7 Å². The number of aromatic amines is 1. The fraction of sp³-hybridized carbons (Fsp3) is 0.600. The highest BCUT2D eigenvalue weighted by Crippen LogP contribution is 2.16. The summed E-state index contributed by atoms with van der Waals surface area (Å²) in [5, 5.41) is 6.47. The zero-order valence-electron chi connectivity index (χ0n) is 10.5. The molecule has 0 spiro atoms. The standard InChI is InChI=1S/C10H18N4O3S/c1-7-10(8(2)14-13-7)18(16,17)12-6-4-3-5-9(11)15/h12H,3-6H2,1-2H3,(H2,11,15)(H,13,14). The summed E-state index contributed by atoms with van der Waals surface area (Å²) < 4.78 is 26.4. The van der Waals surface area contributed by atoms with Crippen LogP contribution in [0.4, 0.5) is 0 Å². The Kier molecular flexibility index (Phi) is 4.85. The Labute approximate surface area is 106 Å². The second-order valence-corrected chi connectivity index (χ2v) is 5.79. The number of aromatic nitrogens is 2. The molecule has 0 aliphatic rings. The lowest BCUT2D eigenvalue weighted by Gasteiger charge is -2.06. The van der Waals surface area contributed by atoms with Gasteiger partial charge in [-0.25, -0.2) is 13.1 Å². The summed E-state index contributed by atoms with van der Waals surface area (Å²) in [6.45, 7) is 3.56. The van der Waals surface area contributed by atoms with Crippen molar-refractivity contribution in [1.29, 1.82) is 0 Å². The number of hydrogen-bond donors (Lipinski definition) is 3. The number of sulfonamides is 1. The first kappa shape index (κ1) is 14.7. The van der Waals surface area contributed by atoms with Crippen molar-refractivity contribution in [2.75, 3.05) is 6.54 Å². The smallest absolute Gasteiger partial charge is 0.244 e. The Morgan fingerprint density at radius 3 is 2.56 bits per heavy atom. The molecular formula is C10H18N4O3S. The van der Waals surface area contributed by atoms with Gasteiger partial charge in [-0.15, -0.1) is 0 Å². The quantitative estimate of drug-likeness (QED) is 0.604. The van der Waals surface area contributed by atoms with Gasteiger partial charge in [-0.1, -0.05) is 0 Å². The first-order valence-corrected chi connectivity index (χ1v) is 7.12. The second kappa shape index (κ2) is 5.96. The van der Waals surface area contributed by atoms with Crippen molar-refractivity contribution in [2.24, 2.45) is 5.73 Å². The van der Waals surface area contributed by atoms with Crippen LogP contribution in [0.15, 0.2) is 4.90 Å². The van der Waals surface area contributed by atoms with Crippen molar-refractivity contribution in [3.05, 3.63) is 11.4 Å². The highest BCUT2D eigenvalue weighted by molar-refractivity contribution is 7.89. The SMILES string of the molecule is Cc1n[nH]c(C)c1S(=O)(=O)NCCCCC(N)=O. The monoisotopic (exact) mass is 274 g/mol. The molecule has 1 rings (SSSR count). The van der Waals surface area contributed by atoms with Gasteiger partial charge in [-0.3, -0.25) is 9.89 Å². The van der Waals surface area contributed by atoms with Crippen LogP contribution in [-0.4, -0.2) is 31.1 Å². The molecule has 0 saturated carbocycles. The van der Waals surface area contributed by atoms with E-state index in [1.54, 1.807) is 13.8 Å². The second-order valence-electron chi connectivity index (χ2n) is 4.08. The number of hydrogen-bond acceptors (Lipinski definition) is 4. The van der Waals surface area contributed by atoms with Gasteiger partial charge in [0.15, 0.2) is 0 Å². The Balaban J connectivity index is 2.54. The minimum absolute atomic E-state index is 0.192. The van der Waals surface area contributed by atoms with E-state index >= 15 is 0 Å². The number of unbranched alkanes of at least 4 members (excludes halogenated alkanes) is 1. The molecule has 1 aromatic heterocycles. The van der Waals surface area contributed by atoms with Gasteiger partial charge in [0.05, 0.1) is 11.4 Å². The summed E-state index contributed by atoms with van der Waals surface area (Å²) in [4.78, 5) is 10.7. The fourth-order valence-corrected chi connectivity index (χ4v) is 3.08. The number of nitrogens with two attached hydrogens (primary N) is 1. The number of nitrogens with one attached hydrogen (secondary N) is 2. The van der Waals surface area contributed by atoms with Crippen molar-refractivity contribution in [3.8, 4) is 0 Å². The summed E-state index contributed by atoms with van der Waals surface area (Å²) in [5.74, 6) is -0.376. The number of rotatable bonds is 7. The minimum Gasteiger partial charge on any atom is -0.370 e. The van der Waals surface area contributed by atoms with Crippen LogP contribution in [0.3, 0.4) is 0 Å². The lowest BCUT2D eigenvalue weighted by atomic mass is 10.2. The first-order chi connectivity index (χ1) is 8.34. The average Bonchev–Trinajstić information content (AvgIpc) is 2.57. The first-order valence-electron chi connectivity index (χ1n) is 5.64. The van der Waals surface area contributed by atoms with Gasteiger partial charge in [0.25, 0.3) is 0 Å². The van der Waals surface area contributed by atoms with E-state index in [-0.39, 0.29) is 23.8 Å². The predicted octanol–water partition coefficient (Wildman–Crippen LogP) is -0.0396. The van der Waals surface area contributed by atoms with Crippen LogP contribution in [0.1, 0.15) is 30.7 Å². The zero-order valence-corrected chi connectivity index (χ0v) is 11.3. The molecule has 0 atom stereocenters. The normalized spacial score (nSPS) is 11.7. The zero-order chi connectivity index (χ0) is 13.8. The van der Waals surface area contributed by atoms with Crippen molar-refractivity contribution in [3.63, 3.8) is 0 Å². The van der Waals surface area contributed by atoms with Gasteiger partial charge >= 0.3 is 0 Å². The van der Waals surface area contributed by atoms with Gasteiger partial charge < -0.3 is 5.73 Å². The van der Waals surface area contributed by atoms with E-state index in [0.29, 0.717) is 24.2 Å². The molecule has 0 unspecified atom stereocenters. The third kappa shape index (κ3) is 3.81. The molecule has 7 nitrogen and oxygen atoms in total. The van der Waals surface area contributed by atoms with Gasteiger partial charge in [0.1, 0.15) is 4.90 Å². The van der Waals surface area contributed by atoms with E-state index in [9.17, 15) is 13.2 Å². The van der Waals surface area contributed by atoms with Crippen LogP contribution >= 0.6 is 0 Å². The highest BCUT2D eigenvalue weighted by atomic mass is 32.2. The van der Waals surface area contributed by atoms with Crippen molar-refractivity contribution < 1.29 is 13.2 Å². The van der Waals surface area contributed by atoms with Crippen molar-refractivity contribution in [2.45, 2.75) is 38.0 Å². The lowest BCUT2D eigenvalue weighted by molar-refractivity contribution is -0.118. The molecule has 1 heterocycles. The van der Waals surface area contributed by atoms with Crippen LogP contribution in [0.2, 0.25) is 0 Å². The van der Waals surface area contributed by atoms with Crippen molar-refractivity contribution >= 4 is 15.9 Å². The van der Waals surface area contributed by atoms with Crippen LogP contribution in [0.25, 0.3) is 0 Å². The average molecular weight is 274 g/mol. The maximum absolute atomic E-state index is 12.0. The van der Waals surface area contributed by atoms with Crippen LogP contribution in [0.5, 0.6) is 0 Å². The minimum atomic E-state index is -3.54. The molecule has 0 aliphatic carbocycles. The molecule has 0 radical (unpaired) electrons. The molecule has 8 heteroatoms. The number of primary amides is 1. The van der Waals surface area contributed by atoms with E-state index < -0.39 is 10.0 Å². The number of carbonyl (C=O) groups is 1. The molecule has 4 N–H and O–H groups in total. The number of H-pyrrole nitrogens is 1. The number of carbonyl (C=O) groups excluding carboxylic acids is 1. The maximum atomic E-state index is 12.0. The van der Waals surface area contributed by atoms with Crippen molar-refractivity contribution in [1.82, 2.24) is 14.9 Å². The molecule has 0 saturated heterocycles. The maximum Gasteiger partial charge on any atom is 0.244 e. The third-order valence-electron chi connectivity index (χ3n) is 2.47.